The highest BCUT2D eigenvalue weighted by Crippen LogP contribution is 2.29. The predicted molar refractivity (Wildman–Crippen MR) is 70.9 cm³/mol. The van der Waals surface area contributed by atoms with Crippen molar-refractivity contribution in [3.8, 4) is 0 Å². The first kappa shape index (κ1) is 13.4. The van der Waals surface area contributed by atoms with Crippen LogP contribution in [0, 0.1) is 6.92 Å². The summed E-state index contributed by atoms with van der Waals surface area (Å²) in [6.07, 6.45) is 1.45. The highest BCUT2D eigenvalue weighted by atomic mass is 35.5. The maximum atomic E-state index is 11.8. The molecule has 0 spiro atoms. The third-order valence-corrected chi connectivity index (χ3v) is 4.38. The molecule has 1 fully saturated rings. The number of alkyl halides is 1. The molecule has 0 aliphatic carbocycles. The van der Waals surface area contributed by atoms with Crippen LogP contribution in [0.15, 0.2) is 23.1 Å². The summed E-state index contributed by atoms with van der Waals surface area (Å²) in [5.41, 5.74) is 1.49. The second kappa shape index (κ2) is 4.55. The number of nitrogens with zero attached hydrogens (tertiary/aromatic N) is 1. The van der Waals surface area contributed by atoms with Crippen LogP contribution >= 0.6 is 11.6 Å². The number of anilines is 1. The Balaban J connectivity index is 2.48. The van der Waals surface area contributed by atoms with Gasteiger partial charge in [0.05, 0.1) is 10.3 Å². The molecule has 1 aliphatic heterocycles. The third-order valence-electron chi connectivity index (χ3n) is 2.98. The molecule has 1 saturated heterocycles. The Morgan fingerprint density at radius 3 is 2.56 bits per heavy atom. The first-order valence-corrected chi connectivity index (χ1v) is 7.87. The van der Waals surface area contributed by atoms with Gasteiger partial charge in [0.25, 0.3) is 0 Å². The van der Waals surface area contributed by atoms with Crippen LogP contribution in [0.25, 0.3) is 0 Å². The van der Waals surface area contributed by atoms with Crippen LogP contribution < -0.4 is 4.90 Å². The lowest BCUT2D eigenvalue weighted by atomic mass is 10.2. The van der Waals surface area contributed by atoms with Gasteiger partial charge in [0.2, 0.25) is 5.91 Å². The Morgan fingerprint density at radius 2 is 2.06 bits per heavy atom. The van der Waals surface area contributed by atoms with Gasteiger partial charge in [0, 0.05) is 24.9 Å². The monoisotopic (exact) mass is 287 g/mol. The zero-order valence-electron chi connectivity index (χ0n) is 10.2. The van der Waals surface area contributed by atoms with Crippen LogP contribution in [0.3, 0.4) is 0 Å². The molecule has 1 aromatic carbocycles. The molecule has 0 N–H and O–H groups in total. The van der Waals surface area contributed by atoms with Crippen molar-refractivity contribution in [2.24, 2.45) is 0 Å². The van der Waals surface area contributed by atoms with E-state index in [0.717, 1.165) is 11.8 Å². The zero-order valence-corrected chi connectivity index (χ0v) is 11.8. The van der Waals surface area contributed by atoms with Crippen LogP contribution in [0.4, 0.5) is 5.69 Å². The van der Waals surface area contributed by atoms with Gasteiger partial charge < -0.3 is 4.90 Å². The van der Waals surface area contributed by atoms with Gasteiger partial charge >= 0.3 is 0 Å². The molecular formula is C12H14ClNO3S. The summed E-state index contributed by atoms with van der Waals surface area (Å²) in [6, 6.07) is 4.80. The van der Waals surface area contributed by atoms with E-state index in [9.17, 15) is 13.2 Å². The van der Waals surface area contributed by atoms with Gasteiger partial charge in [-0.15, -0.1) is 11.6 Å². The average molecular weight is 288 g/mol. The van der Waals surface area contributed by atoms with Crippen molar-refractivity contribution < 1.29 is 13.2 Å². The lowest BCUT2D eigenvalue weighted by Crippen LogP contribution is -2.25. The number of aryl methyl sites for hydroxylation is 1. The molecule has 1 aliphatic rings. The normalized spacial score (nSPS) is 20.5. The first-order valence-electron chi connectivity index (χ1n) is 5.54. The van der Waals surface area contributed by atoms with E-state index >= 15 is 0 Å². The molecule has 0 bridgehead atoms. The van der Waals surface area contributed by atoms with Gasteiger partial charge in [0.15, 0.2) is 9.84 Å². The molecular weight excluding hydrogens is 274 g/mol. The van der Waals surface area contributed by atoms with Gasteiger partial charge in [-0.25, -0.2) is 8.42 Å². The fourth-order valence-electron chi connectivity index (χ4n) is 2.01. The van der Waals surface area contributed by atoms with Crippen molar-refractivity contribution in [2.45, 2.75) is 23.6 Å². The topological polar surface area (TPSA) is 54.5 Å². The van der Waals surface area contributed by atoms with E-state index in [1.807, 2.05) is 6.92 Å². The number of carbonyl (C=O) groups excluding carboxylic acids is 1. The Labute approximate surface area is 111 Å². The number of hydrogen-bond donors (Lipinski definition) is 0. The smallest absolute Gasteiger partial charge is 0.228 e. The van der Waals surface area contributed by atoms with E-state index in [0.29, 0.717) is 18.7 Å². The van der Waals surface area contributed by atoms with Crippen molar-refractivity contribution in [3.63, 3.8) is 0 Å². The van der Waals surface area contributed by atoms with E-state index < -0.39 is 9.84 Å². The van der Waals surface area contributed by atoms with Crippen molar-refractivity contribution in [1.29, 1.82) is 0 Å². The van der Waals surface area contributed by atoms with E-state index in [-0.39, 0.29) is 16.2 Å². The van der Waals surface area contributed by atoms with Gasteiger partial charge in [-0.1, -0.05) is 6.07 Å². The van der Waals surface area contributed by atoms with Crippen molar-refractivity contribution in [1.82, 2.24) is 0 Å². The quantitative estimate of drug-likeness (QED) is 0.779. The number of halogens is 1. The number of amides is 1. The summed E-state index contributed by atoms with van der Waals surface area (Å²) in [5, 5.41) is -0.209. The standard InChI is InChI=1S/C12H14ClNO3S/c1-8-3-4-10(18(2,16)17)6-11(8)14-7-9(13)5-12(14)15/h3-4,6,9H,5,7H2,1-2H3. The number of hydrogen-bond acceptors (Lipinski definition) is 3. The van der Waals surface area contributed by atoms with Crippen LogP contribution in [-0.2, 0) is 14.6 Å². The lowest BCUT2D eigenvalue weighted by molar-refractivity contribution is -0.117. The highest BCUT2D eigenvalue weighted by molar-refractivity contribution is 7.90. The number of benzene rings is 1. The summed E-state index contributed by atoms with van der Waals surface area (Å²) in [4.78, 5) is 13.6. The molecule has 1 unspecified atom stereocenters. The van der Waals surface area contributed by atoms with Crippen molar-refractivity contribution in [3.05, 3.63) is 23.8 Å². The van der Waals surface area contributed by atoms with Gasteiger partial charge in [-0.3, -0.25) is 4.79 Å². The Hall–Kier alpha value is -1.07. The Bertz CT molecular complexity index is 597. The number of sulfone groups is 1. The Morgan fingerprint density at radius 1 is 1.39 bits per heavy atom. The molecule has 1 atom stereocenters. The lowest BCUT2D eigenvalue weighted by Gasteiger charge is -2.19. The molecule has 6 heteroatoms. The van der Waals surface area contributed by atoms with Crippen LogP contribution in [-0.4, -0.2) is 32.5 Å². The number of carbonyl (C=O) groups is 1. The molecule has 98 valence electrons. The minimum Gasteiger partial charge on any atom is -0.311 e. The molecule has 18 heavy (non-hydrogen) atoms. The van der Waals surface area contributed by atoms with Crippen LogP contribution in [0.1, 0.15) is 12.0 Å². The predicted octanol–water partition coefficient (Wildman–Crippen LogP) is 1.74. The molecule has 0 radical (unpaired) electrons. The molecule has 1 amide bonds. The second-order valence-electron chi connectivity index (χ2n) is 4.53. The maximum absolute atomic E-state index is 11.8. The fraction of sp³-hybridized carbons (Fsp3) is 0.417. The number of rotatable bonds is 2. The minimum atomic E-state index is -3.27. The van der Waals surface area contributed by atoms with Crippen molar-refractivity contribution >= 4 is 33.0 Å². The van der Waals surface area contributed by atoms with Gasteiger partial charge in [-0.2, -0.15) is 0 Å². The minimum absolute atomic E-state index is 0.0660. The molecule has 2 rings (SSSR count). The van der Waals surface area contributed by atoms with E-state index in [1.54, 1.807) is 17.0 Å². The second-order valence-corrected chi connectivity index (χ2v) is 7.16. The Kier molecular flexibility index (Phi) is 3.38. The van der Waals surface area contributed by atoms with E-state index in [4.69, 9.17) is 11.6 Å². The summed E-state index contributed by atoms with van der Waals surface area (Å²) in [7, 11) is -3.27. The summed E-state index contributed by atoms with van der Waals surface area (Å²) in [6.45, 7) is 2.27. The maximum Gasteiger partial charge on any atom is 0.228 e. The summed E-state index contributed by atoms with van der Waals surface area (Å²) < 4.78 is 23.1. The van der Waals surface area contributed by atoms with Crippen molar-refractivity contribution in [2.75, 3.05) is 17.7 Å². The largest absolute Gasteiger partial charge is 0.311 e. The van der Waals surface area contributed by atoms with E-state index in [2.05, 4.69) is 0 Å². The molecule has 1 heterocycles. The SMILES string of the molecule is Cc1ccc(S(C)(=O)=O)cc1N1CC(Cl)CC1=O. The molecule has 0 saturated carbocycles. The van der Waals surface area contributed by atoms with Gasteiger partial charge in [-0.05, 0) is 24.6 Å². The summed E-state index contributed by atoms with van der Waals surface area (Å²) in [5.74, 6) is -0.0660. The third kappa shape index (κ3) is 2.52. The molecule has 0 aromatic heterocycles. The fourth-order valence-corrected chi connectivity index (χ4v) is 2.92. The molecule has 4 nitrogen and oxygen atoms in total. The molecule has 1 aromatic rings. The highest BCUT2D eigenvalue weighted by Gasteiger charge is 2.30. The summed E-state index contributed by atoms with van der Waals surface area (Å²) >= 11 is 5.95. The van der Waals surface area contributed by atoms with Crippen LogP contribution in [0.2, 0.25) is 0 Å². The van der Waals surface area contributed by atoms with Gasteiger partial charge in [0.1, 0.15) is 0 Å². The first-order chi connectivity index (χ1) is 8.29. The van der Waals surface area contributed by atoms with Crippen LogP contribution in [0.5, 0.6) is 0 Å². The van der Waals surface area contributed by atoms with E-state index in [1.165, 1.54) is 6.07 Å². The average Bonchev–Trinajstić information content (AvgIpc) is 2.56. The zero-order chi connectivity index (χ0) is 13.5.